The van der Waals surface area contributed by atoms with E-state index in [2.05, 4.69) is 38.8 Å². The number of oxazole rings is 1. The summed E-state index contributed by atoms with van der Waals surface area (Å²) in [5, 5.41) is 10.4. The third-order valence-electron chi connectivity index (χ3n) is 4.31. The molecule has 2 aromatic carbocycles. The summed E-state index contributed by atoms with van der Waals surface area (Å²) >= 11 is 7.55. The largest absolute Gasteiger partial charge is 0.444 e. The highest BCUT2D eigenvalue weighted by molar-refractivity contribution is 7.98. The lowest BCUT2D eigenvalue weighted by atomic mass is 10.1. The van der Waals surface area contributed by atoms with Gasteiger partial charge in [-0.2, -0.15) is 0 Å². The van der Waals surface area contributed by atoms with Crippen LogP contribution >= 0.6 is 23.4 Å². The average molecular weight is 411 g/mol. The molecule has 4 aromatic rings. The quantitative estimate of drug-likeness (QED) is 0.377. The number of benzene rings is 2. The molecule has 0 saturated heterocycles. The molecule has 5 nitrogen and oxygen atoms in total. The normalized spacial score (nSPS) is 11.1. The zero-order valence-electron chi connectivity index (χ0n) is 15.4. The molecule has 142 valence electrons. The monoisotopic (exact) mass is 410 g/mol. The Morgan fingerprint density at radius 1 is 1.04 bits per heavy atom. The van der Waals surface area contributed by atoms with Gasteiger partial charge in [-0.15, -0.1) is 10.2 Å². The molecule has 0 saturated carbocycles. The fourth-order valence-corrected chi connectivity index (χ4v) is 3.91. The molecular formula is C21H19ClN4OS. The number of halogens is 1. The highest BCUT2D eigenvalue weighted by atomic mass is 35.5. The summed E-state index contributed by atoms with van der Waals surface area (Å²) in [6.45, 7) is 2.93. The summed E-state index contributed by atoms with van der Waals surface area (Å²) in [6.07, 6.45) is 2.46. The number of aromatic nitrogens is 4. The Morgan fingerprint density at radius 3 is 2.57 bits per heavy atom. The van der Waals surface area contributed by atoms with Crippen molar-refractivity contribution in [1.82, 2.24) is 19.7 Å². The number of thioether (sulfide) groups is 1. The lowest BCUT2D eigenvalue weighted by Gasteiger charge is -2.06. The van der Waals surface area contributed by atoms with Crippen molar-refractivity contribution in [2.24, 2.45) is 0 Å². The first kappa shape index (κ1) is 18.8. The van der Waals surface area contributed by atoms with E-state index in [1.54, 1.807) is 18.0 Å². The maximum absolute atomic E-state index is 5.93. The van der Waals surface area contributed by atoms with Crippen molar-refractivity contribution >= 4 is 23.4 Å². The fraction of sp³-hybridized carbons (Fsp3) is 0.190. The zero-order chi connectivity index (χ0) is 19.3. The van der Waals surface area contributed by atoms with Crippen LogP contribution in [0.4, 0.5) is 0 Å². The molecule has 0 atom stereocenters. The van der Waals surface area contributed by atoms with Crippen LogP contribution in [-0.4, -0.2) is 19.7 Å². The molecule has 0 radical (unpaired) electrons. The van der Waals surface area contributed by atoms with Crippen molar-refractivity contribution < 1.29 is 4.42 Å². The minimum absolute atomic E-state index is 0.592. The molecule has 0 aliphatic carbocycles. The van der Waals surface area contributed by atoms with Crippen LogP contribution in [-0.2, 0) is 18.7 Å². The summed E-state index contributed by atoms with van der Waals surface area (Å²) in [5.41, 5.74) is 3.00. The standard InChI is InChI=1S/C21H19ClN4OS/c1-2-26-19(12-15-6-4-3-5-7-15)24-25-21(26)28-14-18-13-27-20(23-18)16-8-10-17(22)11-9-16/h3-11,13H,2,12,14H2,1H3. The van der Waals surface area contributed by atoms with Gasteiger partial charge in [0.2, 0.25) is 5.89 Å². The second kappa shape index (κ2) is 8.63. The van der Waals surface area contributed by atoms with Gasteiger partial charge >= 0.3 is 0 Å². The third kappa shape index (κ3) is 4.29. The second-order valence-electron chi connectivity index (χ2n) is 6.24. The molecule has 7 heteroatoms. The maximum Gasteiger partial charge on any atom is 0.226 e. The van der Waals surface area contributed by atoms with Crippen LogP contribution in [0.1, 0.15) is 24.0 Å². The Hall–Kier alpha value is -2.57. The topological polar surface area (TPSA) is 56.7 Å². The third-order valence-corrected chi connectivity index (χ3v) is 5.56. The van der Waals surface area contributed by atoms with E-state index in [4.69, 9.17) is 16.0 Å². The van der Waals surface area contributed by atoms with Crippen molar-refractivity contribution in [3.63, 3.8) is 0 Å². The van der Waals surface area contributed by atoms with E-state index in [0.717, 1.165) is 35.2 Å². The molecule has 0 spiro atoms. The Bertz CT molecular complexity index is 1040. The van der Waals surface area contributed by atoms with Gasteiger partial charge in [-0.25, -0.2) is 4.98 Å². The lowest BCUT2D eigenvalue weighted by Crippen LogP contribution is -2.04. The van der Waals surface area contributed by atoms with Crippen LogP contribution in [0.5, 0.6) is 0 Å². The molecular weight excluding hydrogens is 392 g/mol. The van der Waals surface area contributed by atoms with Gasteiger partial charge in [-0.3, -0.25) is 0 Å². The van der Waals surface area contributed by atoms with E-state index in [9.17, 15) is 0 Å². The molecule has 2 aromatic heterocycles. The van der Waals surface area contributed by atoms with Crippen molar-refractivity contribution in [3.05, 3.63) is 83.0 Å². The highest BCUT2D eigenvalue weighted by Crippen LogP contribution is 2.25. The molecule has 2 heterocycles. The van der Waals surface area contributed by atoms with Crippen LogP contribution in [0.2, 0.25) is 5.02 Å². The molecule has 0 unspecified atom stereocenters. The molecule has 0 N–H and O–H groups in total. The van der Waals surface area contributed by atoms with Crippen LogP contribution in [0, 0.1) is 0 Å². The Kier molecular flexibility index (Phi) is 5.78. The minimum Gasteiger partial charge on any atom is -0.444 e. The van der Waals surface area contributed by atoms with Crippen molar-refractivity contribution in [2.45, 2.75) is 30.8 Å². The lowest BCUT2D eigenvalue weighted by molar-refractivity contribution is 0.573. The van der Waals surface area contributed by atoms with Gasteiger partial charge < -0.3 is 8.98 Å². The Balaban J connectivity index is 1.44. The van der Waals surface area contributed by atoms with Crippen LogP contribution in [0.15, 0.2) is 70.4 Å². The van der Waals surface area contributed by atoms with E-state index in [1.807, 2.05) is 42.5 Å². The Morgan fingerprint density at radius 2 is 1.82 bits per heavy atom. The van der Waals surface area contributed by atoms with Crippen molar-refractivity contribution in [2.75, 3.05) is 0 Å². The molecule has 0 amide bonds. The van der Waals surface area contributed by atoms with Crippen LogP contribution in [0.25, 0.3) is 11.5 Å². The van der Waals surface area contributed by atoms with Gasteiger partial charge in [0.25, 0.3) is 0 Å². The second-order valence-corrected chi connectivity index (χ2v) is 7.62. The van der Waals surface area contributed by atoms with Gasteiger partial charge in [0.05, 0.1) is 5.69 Å². The first-order chi connectivity index (χ1) is 13.7. The first-order valence-corrected chi connectivity index (χ1v) is 10.4. The van der Waals surface area contributed by atoms with E-state index in [-0.39, 0.29) is 0 Å². The number of rotatable bonds is 7. The molecule has 0 aliphatic rings. The average Bonchev–Trinajstić information content (AvgIpc) is 3.34. The molecule has 4 rings (SSSR count). The molecule has 0 bridgehead atoms. The van der Waals surface area contributed by atoms with E-state index in [0.29, 0.717) is 16.7 Å². The van der Waals surface area contributed by atoms with Crippen LogP contribution < -0.4 is 0 Å². The summed E-state index contributed by atoms with van der Waals surface area (Å²) in [4.78, 5) is 4.57. The molecule has 28 heavy (non-hydrogen) atoms. The summed E-state index contributed by atoms with van der Waals surface area (Å²) in [5.74, 6) is 2.23. The SMILES string of the molecule is CCn1c(Cc2ccccc2)nnc1SCc1coc(-c2ccc(Cl)cc2)n1. The van der Waals surface area contributed by atoms with Gasteiger partial charge in [0.15, 0.2) is 5.16 Å². The van der Waals surface area contributed by atoms with Crippen LogP contribution in [0.3, 0.4) is 0 Å². The highest BCUT2D eigenvalue weighted by Gasteiger charge is 2.13. The predicted molar refractivity (Wildman–Crippen MR) is 111 cm³/mol. The fourth-order valence-electron chi connectivity index (χ4n) is 2.89. The van der Waals surface area contributed by atoms with Gasteiger partial charge in [-0.1, -0.05) is 53.7 Å². The molecule has 0 fully saturated rings. The minimum atomic E-state index is 0.592. The summed E-state index contributed by atoms with van der Waals surface area (Å²) in [6, 6.07) is 17.8. The maximum atomic E-state index is 5.93. The number of hydrogen-bond donors (Lipinski definition) is 0. The van der Waals surface area contributed by atoms with Gasteiger partial charge in [0, 0.05) is 29.3 Å². The van der Waals surface area contributed by atoms with E-state index in [1.165, 1.54) is 5.56 Å². The summed E-state index contributed by atoms with van der Waals surface area (Å²) < 4.78 is 7.76. The summed E-state index contributed by atoms with van der Waals surface area (Å²) in [7, 11) is 0. The predicted octanol–water partition coefficient (Wildman–Crippen LogP) is 5.49. The van der Waals surface area contributed by atoms with Crippen molar-refractivity contribution in [3.8, 4) is 11.5 Å². The Labute approximate surface area is 172 Å². The number of nitrogens with zero attached hydrogens (tertiary/aromatic N) is 4. The van der Waals surface area contributed by atoms with Gasteiger partial charge in [0.1, 0.15) is 12.1 Å². The smallest absolute Gasteiger partial charge is 0.226 e. The van der Waals surface area contributed by atoms with Crippen molar-refractivity contribution in [1.29, 1.82) is 0 Å². The number of hydrogen-bond acceptors (Lipinski definition) is 5. The van der Waals surface area contributed by atoms with E-state index < -0.39 is 0 Å². The molecule has 0 aliphatic heterocycles. The van der Waals surface area contributed by atoms with Gasteiger partial charge in [-0.05, 0) is 36.8 Å². The zero-order valence-corrected chi connectivity index (χ0v) is 17.0. The van der Waals surface area contributed by atoms with E-state index >= 15 is 0 Å². The first-order valence-electron chi connectivity index (χ1n) is 9.02.